The molecule has 3 aromatic heterocycles. The fourth-order valence-corrected chi connectivity index (χ4v) is 3.43. The van der Waals surface area contributed by atoms with E-state index in [0.717, 1.165) is 17.0 Å². The predicted octanol–water partition coefficient (Wildman–Crippen LogP) is 4.24. The lowest BCUT2D eigenvalue weighted by molar-refractivity contribution is 0.192. The number of carbonyl (C=O) groups is 2. The molecule has 4 amide bonds. The van der Waals surface area contributed by atoms with Gasteiger partial charge in [-0.05, 0) is 51.1 Å². The molecule has 1 aliphatic rings. The number of amides is 4. The van der Waals surface area contributed by atoms with Crippen LogP contribution in [0.2, 0.25) is 0 Å². The van der Waals surface area contributed by atoms with Gasteiger partial charge in [0.05, 0.1) is 11.4 Å². The third kappa shape index (κ3) is 4.51. The molecule has 0 bridgehead atoms. The van der Waals surface area contributed by atoms with E-state index in [9.17, 15) is 9.59 Å². The number of nitrogens with zero attached hydrogens (tertiary/aromatic N) is 5. The largest absolute Gasteiger partial charge is 0.455 e. The molecule has 4 heterocycles. The number of hydrogen-bond donors (Lipinski definition) is 1. The van der Waals surface area contributed by atoms with Crippen LogP contribution < -0.4 is 10.1 Å². The third-order valence-electron chi connectivity index (χ3n) is 5.15. The maximum Gasteiger partial charge on any atom is 0.331 e. The highest BCUT2D eigenvalue weighted by Crippen LogP contribution is 2.28. The van der Waals surface area contributed by atoms with Crippen LogP contribution in [0.4, 0.5) is 15.4 Å². The van der Waals surface area contributed by atoms with Gasteiger partial charge in [0.25, 0.3) is 0 Å². The van der Waals surface area contributed by atoms with Crippen molar-refractivity contribution in [1.29, 1.82) is 0 Å². The molecule has 1 N–H and O–H groups in total. The molecular formula is C23H24N6O3. The zero-order valence-electron chi connectivity index (χ0n) is 18.2. The van der Waals surface area contributed by atoms with Gasteiger partial charge in [0, 0.05) is 49.4 Å². The number of anilines is 1. The lowest BCUT2D eigenvalue weighted by atomic mass is 10.1. The zero-order valence-corrected chi connectivity index (χ0v) is 18.2. The SMILES string of the molecule is CCN1CCN(C(=O)Nc2ccc(Oc3ccnc(-c4ccnc(C)c4)c3)c(C)n2)C1=O. The van der Waals surface area contributed by atoms with Gasteiger partial charge < -0.3 is 9.64 Å². The molecule has 9 heteroatoms. The Hall–Kier alpha value is -4.01. The van der Waals surface area contributed by atoms with E-state index >= 15 is 0 Å². The number of aromatic nitrogens is 3. The number of ether oxygens (including phenoxy) is 1. The van der Waals surface area contributed by atoms with E-state index in [1.165, 1.54) is 4.90 Å². The van der Waals surface area contributed by atoms with Gasteiger partial charge in [0.1, 0.15) is 17.3 Å². The summed E-state index contributed by atoms with van der Waals surface area (Å²) in [5.41, 5.74) is 3.24. The Morgan fingerprint density at radius 1 is 1.09 bits per heavy atom. The van der Waals surface area contributed by atoms with E-state index in [-0.39, 0.29) is 6.03 Å². The quantitative estimate of drug-likeness (QED) is 0.647. The second-order valence-corrected chi connectivity index (χ2v) is 7.39. The maximum atomic E-state index is 12.5. The lowest BCUT2D eigenvalue weighted by Gasteiger charge is -2.16. The van der Waals surface area contributed by atoms with Crippen molar-refractivity contribution < 1.29 is 14.3 Å². The van der Waals surface area contributed by atoms with Crippen LogP contribution >= 0.6 is 0 Å². The van der Waals surface area contributed by atoms with Crippen LogP contribution in [0.5, 0.6) is 11.5 Å². The lowest BCUT2D eigenvalue weighted by Crippen LogP contribution is -2.39. The molecule has 0 aromatic carbocycles. The summed E-state index contributed by atoms with van der Waals surface area (Å²) in [5, 5.41) is 2.68. The smallest absolute Gasteiger partial charge is 0.331 e. The third-order valence-corrected chi connectivity index (χ3v) is 5.15. The van der Waals surface area contributed by atoms with Gasteiger partial charge in [-0.25, -0.2) is 19.5 Å². The first-order valence-electron chi connectivity index (χ1n) is 10.4. The van der Waals surface area contributed by atoms with Crippen molar-refractivity contribution in [2.24, 2.45) is 0 Å². The summed E-state index contributed by atoms with van der Waals surface area (Å²) in [7, 11) is 0. The molecule has 1 saturated heterocycles. The molecule has 1 aliphatic heterocycles. The van der Waals surface area contributed by atoms with E-state index in [1.54, 1.807) is 42.4 Å². The molecule has 1 fully saturated rings. The molecule has 32 heavy (non-hydrogen) atoms. The van der Waals surface area contributed by atoms with Crippen LogP contribution in [0, 0.1) is 13.8 Å². The van der Waals surface area contributed by atoms with Gasteiger partial charge in [0.2, 0.25) is 0 Å². The Bertz CT molecular complexity index is 1170. The maximum absolute atomic E-state index is 12.5. The van der Waals surface area contributed by atoms with Crippen molar-refractivity contribution in [1.82, 2.24) is 24.8 Å². The van der Waals surface area contributed by atoms with Crippen LogP contribution in [0.15, 0.2) is 48.8 Å². The van der Waals surface area contributed by atoms with Crippen LogP contribution in [0.3, 0.4) is 0 Å². The number of hydrogen-bond acceptors (Lipinski definition) is 6. The van der Waals surface area contributed by atoms with E-state index < -0.39 is 6.03 Å². The first-order chi connectivity index (χ1) is 15.4. The number of likely N-dealkylation sites (N-methyl/N-ethyl adjacent to an activating group) is 1. The van der Waals surface area contributed by atoms with Crippen molar-refractivity contribution >= 4 is 17.9 Å². The second-order valence-electron chi connectivity index (χ2n) is 7.39. The van der Waals surface area contributed by atoms with Gasteiger partial charge in [0.15, 0.2) is 0 Å². The molecule has 9 nitrogen and oxygen atoms in total. The number of urea groups is 2. The highest BCUT2D eigenvalue weighted by molar-refractivity contribution is 6.01. The van der Waals surface area contributed by atoms with Crippen LogP contribution in [-0.4, -0.2) is 56.4 Å². The summed E-state index contributed by atoms with van der Waals surface area (Å²) >= 11 is 0. The molecule has 0 spiro atoms. The van der Waals surface area contributed by atoms with Gasteiger partial charge in [-0.3, -0.25) is 15.3 Å². The Labute approximate surface area is 186 Å². The minimum atomic E-state index is -0.488. The Morgan fingerprint density at radius 3 is 2.62 bits per heavy atom. The summed E-state index contributed by atoms with van der Waals surface area (Å²) in [6.07, 6.45) is 3.43. The molecule has 0 radical (unpaired) electrons. The topological polar surface area (TPSA) is 101 Å². The van der Waals surface area contributed by atoms with E-state index in [1.807, 2.05) is 32.0 Å². The van der Waals surface area contributed by atoms with Crippen molar-refractivity contribution in [3.8, 4) is 22.8 Å². The summed E-state index contributed by atoms with van der Waals surface area (Å²) in [6, 6.07) is 10.1. The fourth-order valence-electron chi connectivity index (χ4n) is 3.43. The summed E-state index contributed by atoms with van der Waals surface area (Å²) < 4.78 is 6.00. The normalized spacial score (nSPS) is 13.4. The van der Waals surface area contributed by atoms with Crippen molar-refractivity contribution in [3.63, 3.8) is 0 Å². The minimum absolute atomic E-state index is 0.292. The summed E-state index contributed by atoms with van der Waals surface area (Å²) in [5.74, 6) is 1.53. The zero-order chi connectivity index (χ0) is 22.7. The number of nitrogens with one attached hydrogen (secondary N) is 1. The summed E-state index contributed by atoms with van der Waals surface area (Å²) in [6.45, 7) is 7.07. The molecule has 0 unspecified atom stereocenters. The molecule has 0 atom stereocenters. The number of rotatable bonds is 5. The van der Waals surface area contributed by atoms with Crippen LogP contribution in [-0.2, 0) is 0 Å². The molecular weight excluding hydrogens is 408 g/mol. The van der Waals surface area contributed by atoms with Gasteiger partial charge in [-0.2, -0.15) is 0 Å². The predicted molar refractivity (Wildman–Crippen MR) is 120 cm³/mol. The number of pyridine rings is 3. The van der Waals surface area contributed by atoms with Gasteiger partial charge >= 0.3 is 12.1 Å². The number of imide groups is 1. The molecule has 164 valence electrons. The van der Waals surface area contributed by atoms with Crippen molar-refractivity contribution in [3.05, 3.63) is 60.2 Å². The van der Waals surface area contributed by atoms with E-state index in [2.05, 4.69) is 20.3 Å². The van der Waals surface area contributed by atoms with Crippen molar-refractivity contribution in [2.45, 2.75) is 20.8 Å². The first kappa shape index (κ1) is 21.2. The average Bonchev–Trinajstić information content (AvgIpc) is 3.16. The molecule has 0 saturated carbocycles. The standard InChI is InChI=1S/C23H24N6O3/c1-4-28-11-12-29(23(28)31)22(30)27-21-6-5-20(16(3)26-21)32-18-8-10-25-19(14-18)17-7-9-24-15(2)13-17/h5-10,13-14H,4,11-12H2,1-3H3,(H,26,27,30). The van der Waals surface area contributed by atoms with E-state index in [4.69, 9.17) is 4.74 Å². The number of carbonyl (C=O) groups excluding carboxylic acids is 2. The summed E-state index contributed by atoms with van der Waals surface area (Å²) in [4.78, 5) is 40.5. The highest BCUT2D eigenvalue weighted by atomic mass is 16.5. The van der Waals surface area contributed by atoms with E-state index in [0.29, 0.717) is 42.6 Å². The molecule has 3 aromatic rings. The first-order valence-corrected chi connectivity index (χ1v) is 10.4. The van der Waals surface area contributed by atoms with Crippen LogP contribution in [0.1, 0.15) is 18.3 Å². The van der Waals surface area contributed by atoms with Gasteiger partial charge in [-0.1, -0.05) is 0 Å². The fraction of sp³-hybridized carbons (Fsp3) is 0.261. The average molecular weight is 432 g/mol. The second kappa shape index (κ2) is 9.01. The highest BCUT2D eigenvalue weighted by Gasteiger charge is 2.32. The Morgan fingerprint density at radius 2 is 1.91 bits per heavy atom. The minimum Gasteiger partial charge on any atom is -0.455 e. The van der Waals surface area contributed by atoms with Gasteiger partial charge in [-0.15, -0.1) is 0 Å². The Kier molecular flexibility index (Phi) is 5.98. The monoisotopic (exact) mass is 432 g/mol. The molecule has 4 rings (SSSR count). The Balaban J connectivity index is 1.46. The van der Waals surface area contributed by atoms with Crippen molar-refractivity contribution in [2.75, 3.05) is 25.0 Å². The number of aryl methyl sites for hydroxylation is 2. The van der Waals surface area contributed by atoms with Crippen LogP contribution in [0.25, 0.3) is 11.3 Å². The molecule has 0 aliphatic carbocycles.